The van der Waals surface area contributed by atoms with Crippen molar-refractivity contribution in [3.8, 4) is 0 Å². The Kier molecular flexibility index (Phi) is 3.98. The van der Waals surface area contributed by atoms with Crippen molar-refractivity contribution in [2.24, 2.45) is 0 Å². The van der Waals surface area contributed by atoms with Crippen LogP contribution < -0.4 is 10.2 Å². The number of hydrogen-bond acceptors (Lipinski definition) is 7. The molecule has 0 saturated heterocycles. The van der Waals surface area contributed by atoms with Crippen molar-refractivity contribution in [1.29, 1.82) is 0 Å². The average molecular weight is 293 g/mol. The lowest BCUT2D eigenvalue weighted by Gasteiger charge is -2.11. The minimum absolute atomic E-state index is 0.545. The Labute approximate surface area is 122 Å². The van der Waals surface area contributed by atoms with Gasteiger partial charge in [-0.15, -0.1) is 16.4 Å². The average Bonchev–Trinajstić information content (AvgIpc) is 3.04. The second-order valence-electron chi connectivity index (χ2n) is 5.05. The van der Waals surface area contributed by atoms with Crippen LogP contribution in [-0.2, 0) is 25.9 Å². The van der Waals surface area contributed by atoms with E-state index in [-0.39, 0.29) is 0 Å². The first-order valence-electron chi connectivity index (χ1n) is 6.92. The van der Waals surface area contributed by atoms with Crippen molar-refractivity contribution in [2.45, 2.75) is 38.8 Å². The third kappa shape index (κ3) is 2.83. The van der Waals surface area contributed by atoms with Gasteiger partial charge in [0, 0.05) is 11.9 Å². The highest BCUT2D eigenvalue weighted by molar-refractivity contribution is 7.11. The number of hydrogen-bond donors (Lipinski definition) is 1. The summed E-state index contributed by atoms with van der Waals surface area (Å²) in [6, 6.07) is 0.545. The van der Waals surface area contributed by atoms with Crippen LogP contribution in [0.4, 0.5) is 6.01 Å². The van der Waals surface area contributed by atoms with Gasteiger partial charge in [-0.3, -0.25) is 0 Å². The van der Waals surface area contributed by atoms with Crippen LogP contribution in [0.1, 0.15) is 34.3 Å². The zero-order valence-corrected chi connectivity index (χ0v) is 12.7. The monoisotopic (exact) mass is 293 g/mol. The zero-order chi connectivity index (χ0) is 13.9. The molecule has 0 unspecified atom stereocenters. The predicted molar refractivity (Wildman–Crippen MR) is 77.9 cm³/mol. The van der Waals surface area contributed by atoms with E-state index in [1.807, 2.05) is 30.3 Å². The van der Waals surface area contributed by atoms with Crippen molar-refractivity contribution in [1.82, 2.24) is 20.5 Å². The number of aryl methyl sites for hydroxylation is 2. The van der Waals surface area contributed by atoms with Crippen molar-refractivity contribution < 1.29 is 4.42 Å². The topological polar surface area (TPSA) is 67.1 Å². The molecule has 0 aliphatic heterocycles. The van der Waals surface area contributed by atoms with Gasteiger partial charge in [-0.05, 0) is 32.7 Å². The summed E-state index contributed by atoms with van der Waals surface area (Å²) in [4.78, 5) is 8.15. The van der Waals surface area contributed by atoms with E-state index < -0.39 is 0 Å². The highest BCUT2D eigenvalue weighted by atomic mass is 32.1. The summed E-state index contributed by atoms with van der Waals surface area (Å²) in [5.74, 6) is 0.604. The van der Waals surface area contributed by atoms with Crippen LogP contribution in [0, 0.1) is 0 Å². The fraction of sp³-hybridized carbons (Fsp3) is 0.615. The molecule has 2 aromatic heterocycles. The zero-order valence-electron chi connectivity index (χ0n) is 11.8. The van der Waals surface area contributed by atoms with Crippen molar-refractivity contribution in [2.75, 3.05) is 19.0 Å². The van der Waals surface area contributed by atoms with Crippen molar-refractivity contribution >= 4 is 17.4 Å². The Balaban J connectivity index is 1.68. The largest absolute Gasteiger partial charge is 0.407 e. The number of fused-ring (bicyclic) bond motifs is 1. The minimum atomic E-state index is 0.545. The van der Waals surface area contributed by atoms with Gasteiger partial charge in [0.15, 0.2) is 0 Å². The number of thiazole rings is 1. The summed E-state index contributed by atoms with van der Waals surface area (Å²) in [5.41, 5.74) is 1.30. The number of aromatic nitrogens is 3. The lowest BCUT2D eigenvalue weighted by molar-refractivity contribution is 0.475. The van der Waals surface area contributed by atoms with Gasteiger partial charge in [-0.2, -0.15) is 0 Å². The molecule has 1 N–H and O–H groups in total. The highest BCUT2D eigenvalue weighted by Crippen LogP contribution is 2.27. The van der Waals surface area contributed by atoms with Crippen molar-refractivity contribution in [3.63, 3.8) is 0 Å². The highest BCUT2D eigenvalue weighted by Gasteiger charge is 2.17. The molecule has 0 radical (unpaired) electrons. The molecule has 108 valence electrons. The molecule has 2 aromatic rings. The fourth-order valence-electron chi connectivity index (χ4n) is 2.37. The van der Waals surface area contributed by atoms with Crippen LogP contribution in [0.2, 0.25) is 0 Å². The van der Waals surface area contributed by atoms with Crippen LogP contribution >= 0.6 is 11.3 Å². The van der Waals surface area contributed by atoms with Crippen LogP contribution in [0.3, 0.4) is 0 Å². The quantitative estimate of drug-likeness (QED) is 0.906. The molecule has 0 atom stereocenters. The van der Waals surface area contributed by atoms with E-state index in [1.54, 1.807) is 0 Å². The molecule has 0 bridgehead atoms. The van der Waals surface area contributed by atoms with Gasteiger partial charge in [0.05, 0.1) is 18.8 Å². The van der Waals surface area contributed by atoms with Gasteiger partial charge in [0.25, 0.3) is 0 Å². The molecule has 0 amide bonds. The SMILES string of the molecule is CNCc1nnc(N(C)Cc2nc3c(s2)CCCC3)o1. The van der Waals surface area contributed by atoms with E-state index in [4.69, 9.17) is 9.40 Å². The summed E-state index contributed by atoms with van der Waals surface area (Å²) in [6.07, 6.45) is 4.87. The maximum absolute atomic E-state index is 5.58. The second kappa shape index (κ2) is 5.88. The molecule has 20 heavy (non-hydrogen) atoms. The maximum atomic E-state index is 5.58. The van der Waals surface area contributed by atoms with Gasteiger partial charge in [0.1, 0.15) is 5.01 Å². The Morgan fingerprint density at radius 1 is 1.30 bits per heavy atom. The molecule has 6 nitrogen and oxygen atoms in total. The molecule has 0 fully saturated rings. The van der Waals surface area contributed by atoms with E-state index in [9.17, 15) is 0 Å². The molecule has 7 heteroatoms. The smallest absolute Gasteiger partial charge is 0.318 e. The number of rotatable bonds is 5. The van der Waals surface area contributed by atoms with Crippen LogP contribution in [0.25, 0.3) is 0 Å². The lowest BCUT2D eigenvalue weighted by atomic mass is 10.0. The normalized spacial score (nSPS) is 14.3. The van der Waals surface area contributed by atoms with Gasteiger partial charge < -0.3 is 14.6 Å². The van der Waals surface area contributed by atoms with Crippen LogP contribution in [0.15, 0.2) is 4.42 Å². The van der Waals surface area contributed by atoms with Gasteiger partial charge in [0.2, 0.25) is 5.89 Å². The first-order chi connectivity index (χ1) is 9.76. The third-order valence-electron chi connectivity index (χ3n) is 3.37. The third-order valence-corrected chi connectivity index (χ3v) is 4.52. The Bertz CT molecular complexity index is 556. The lowest BCUT2D eigenvalue weighted by Crippen LogP contribution is -2.16. The Hall–Kier alpha value is -1.47. The fourth-order valence-corrected chi connectivity index (χ4v) is 3.58. The van der Waals surface area contributed by atoms with Crippen LogP contribution in [0.5, 0.6) is 0 Å². The number of nitrogens with zero attached hydrogens (tertiary/aromatic N) is 4. The summed E-state index contributed by atoms with van der Waals surface area (Å²) in [6.45, 7) is 1.31. The van der Waals surface area contributed by atoms with Crippen molar-refractivity contribution in [3.05, 3.63) is 21.5 Å². The predicted octanol–water partition coefficient (Wildman–Crippen LogP) is 1.76. The number of anilines is 1. The molecule has 0 aromatic carbocycles. The first-order valence-corrected chi connectivity index (χ1v) is 7.73. The molecular formula is C13H19N5OS. The molecular weight excluding hydrogens is 274 g/mol. The Morgan fingerprint density at radius 2 is 2.15 bits per heavy atom. The van der Waals surface area contributed by atoms with Gasteiger partial charge in [-0.1, -0.05) is 5.10 Å². The first kappa shape index (κ1) is 13.5. The standard InChI is InChI=1S/C13H19N5OS/c1-14-7-11-16-17-13(19-11)18(2)8-12-15-9-5-3-4-6-10(9)20-12/h14H,3-8H2,1-2H3. The molecule has 1 aliphatic carbocycles. The maximum Gasteiger partial charge on any atom is 0.318 e. The summed E-state index contributed by atoms with van der Waals surface area (Å²) < 4.78 is 5.58. The summed E-state index contributed by atoms with van der Waals surface area (Å²) in [7, 11) is 3.81. The van der Waals surface area contributed by atoms with E-state index in [1.165, 1.54) is 29.8 Å². The van der Waals surface area contributed by atoms with Gasteiger partial charge >= 0.3 is 6.01 Å². The van der Waals surface area contributed by atoms with E-state index >= 15 is 0 Å². The second-order valence-corrected chi connectivity index (χ2v) is 6.22. The molecule has 3 rings (SSSR count). The minimum Gasteiger partial charge on any atom is -0.407 e. The van der Waals surface area contributed by atoms with Crippen LogP contribution in [-0.4, -0.2) is 29.3 Å². The van der Waals surface area contributed by atoms with E-state index in [2.05, 4.69) is 15.5 Å². The van der Waals surface area contributed by atoms with E-state index in [0.29, 0.717) is 18.5 Å². The molecule has 2 heterocycles. The molecule has 0 saturated carbocycles. The summed E-state index contributed by atoms with van der Waals surface area (Å²) >= 11 is 1.82. The Morgan fingerprint density at radius 3 is 2.95 bits per heavy atom. The summed E-state index contributed by atoms with van der Waals surface area (Å²) in [5, 5.41) is 12.2. The molecule has 0 spiro atoms. The van der Waals surface area contributed by atoms with Gasteiger partial charge in [-0.25, -0.2) is 4.98 Å². The molecule has 1 aliphatic rings. The number of nitrogens with one attached hydrogen (secondary N) is 1. The van der Waals surface area contributed by atoms with E-state index in [0.717, 1.165) is 18.0 Å².